The molecule has 1 aromatic rings. The predicted octanol–water partition coefficient (Wildman–Crippen LogP) is 2.87. The van der Waals surface area contributed by atoms with Crippen molar-refractivity contribution in [2.75, 3.05) is 38.6 Å². The molecule has 2 aliphatic rings. The van der Waals surface area contributed by atoms with Crippen molar-refractivity contribution in [2.45, 2.75) is 30.6 Å². The van der Waals surface area contributed by atoms with E-state index in [-0.39, 0.29) is 18.3 Å². The average molecular weight is 387 g/mol. The Morgan fingerprint density at radius 3 is 2.92 bits per heavy atom. The Labute approximate surface area is 160 Å². The Morgan fingerprint density at radius 2 is 2.12 bits per heavy atom. The van der Waals surface area contributed by atoms with E-state index in [1.165, 1.54) is 6.42 Å². The van der Waals surface area contributed by atoms with Crippen LogP contribution < -0.4 is 20.1 Å². The summed E-state index contributed by atoms with van der Waals surface area (Å²) in [5.41, 5.74) is 0. The summed E-state index contributed by atoms with van der Waals surface area (Å²) in [6.07, 6.45) is 3.76. The molecule has 0 bridgehead atoms. The average Bonchev–Trinajstić information content (AvgIpc) is 2.99. The number of fused-ring (bicyclic) bond motifs is 1. The Hall–Kier alpha value is -1.11. The maximum absolute atomic E-state index is 11.9. The highest BCUT2D eigenvalue weighted by Crippen LogP contribution is 2.33. The van der Waals surface area contributed by atoms with Crippen LogP contribution in [0.15, 0.2) is 23.1 Å². The lowest BCUT2D eigenvalue weighted by Gasteiger charge is -2.10. The lowest BCUT2D eigenvalue weighted by atomic mass is 10.1. The zero-order valence-corrected chi connectivity index (χ0v) is 16.1. The number of hydrogen-bond acceptors (Lipinski definition) is 5. The van der Waals surface area contributed by atoms with Crippen molar-refractivity contribution in [3.05, 3.63) is 18.2 Å². The number of hydrogen-bond donors (Lipinski definition) is 2. The number of amides is 1. The van der Waals surface area contributed by atoms with Crippen molar-refractivity contribution >= 4 is 30.1 Å². The van der Waals surface area contributed by atoms with Crippen molar-refractivity contribution in [2.24, 2.45) is 5.92 Å². The SMILES string of the molecule is Cl.O=C(CCSc1ccc2c(c1)OCCCO2)NCCC1CCNC1. The molecule has 2 aliphatic heterocycles. The molecule has 2 N–H and O–H groups in total. The smallest absolute Gasteiger partial charge is 0.220 e. The zero-order valence-electron chi connectivity index (χ0n) is 14.4. The third kappa shape index (κ3) is 6.60. The van der Waals surface area contributed by atoms with Gasteiger partial charge in [0.25, 0.3) is 0 Å². The first kappa shape index (κ1) is 20.2. The summed E-state index contributed by atoms with van der Waals surface area (Å²) in [5.74, 6) is 3.27. The molecule has 0 aliphatic carbocycles. The Bertz CT molecular complexity index is 553. The van der Waals surface area contributed by atoms with Crippen LogP contribution in [0.2, 0.25) is 0 Å². The second-order valence-electron chi connectivity index (χ2n) is 6.25. The largest absolute Gasteiger partial charge is 0.490 e. The van der Waals surface area contributed by atoms with Gasteiger partial charge in [-0.15, -0.1) is 24.2 Å². The Kier molecular flexibility index (Phi) is 8.72. The van der Waals surface area contributed by atoms with Crippen molar-refractivity contribution in [1.29, 1.82) is 0 Å². The summed E-state index contributed by atoms with van der Waals surface area (Å²) in [7, 11) is 0. The Morgan fingerprint density at radius 1 is 1.28 bits per heavy atom. The molecule has 1 atom stereocenters. The van der Waals surface area contributed by atoms with E-state index in [0.29, 0.717) is 19.6 Å². The van der Waals surface area contributed by atoms with Gasteiger partial charge in [0.15, 0.2) is 11.5 Å². The van der Waals surface area contributed by atoms with Gasteiger partial charge in [-0.1, -0.05) is 0 Å². The second-order valence-corrected chi connectivity index (χ2v) is 7.42. The van der Waals surface area contributed by atoms with Crippen LogP contribution in [0.4, 0.5) is 0 Å². The van der Waals surface area contributed by atoms with E-state index in [2.05, 4.69) is 10.6 Å². The number of thioether (sulfide) groups is 1. The summed E-state index contributed by atoms with van der Waals surface area (Å²) in [4.78, 5) is 13.0. The molecule has 3 rings (SSSR count). The van der Waals surface area contributed by atoms with Crippen molar-refractivity contribution in [1.82, 2.24) is 10.6 Å². The second kappa shape index (κ2) is 10.8. The lowest BCUT2D eigenvalue weighted by molar-refractivity contribution is -0.120. The van der Waals surface area contributed by atoms with Gasteiger partial charge in [-0.2, -0.15) is 0 Å². The molecule has 1 unspecified atom stereocenters. The standard InChI is InChI=1S/C18H26N2O3S.ClH/c21-18(20-8-5-14-4-7-19-13-14)6-11-24-15-2-3-16-17(12-15)23-10-1-9-22-16;/h2-3,12,14,19H,1,4-11,13H2,(H,20,21);1H. The number of halogens is 1. The lowest BCUT2D eigenvalue weighted by Crippen LogP contribution is -2.26. The van der Waals surface area contributed by atoms with Crippen LogP contribution in [0, 0.1) is 5.92 Å². The van der Waals surface area contributed by atoms with Crippen molar-refractivity contribution in [3.63, 3.8) is 0 Å². The molecular formula is C18H27ClN2O3S. The minimum atomic E-state index is 0. The van der Waals surface area contributed by atoms with E-state index < -0.39 is 0 Å². The molecule has 1 amide bonds. The third-order valence-electron chi connectivity index (χ3n) is 4.35. The van der Waals surface area contributed by atoms with Crippen LogP contribution in [0.3, 0.4) is 0 Å². The first-order chi connectivity index (χ1) is 11.8. The van der Waals surface area contributed by atoms with E-state index >= 15 is 0 Å². The maximum atomic E-state index is 11.9. The molecule has 0 radical (unpaired) electrons. The van der Waals surface area contributed by atoms with E-state index in [1.54, 1.807) is 11.8 Å². The number of benzene rings is 1. The van der Waals surface area contributed by atoms with Crippen LogP contribution in [-0.4, -0.2) is 44.5 Å². The van der Waals surface area contributed by atoms with Gasteiger partial charge in [-0.05, 0) is 50.0 Å². The van der Waals surface area contributed by atoms with E-state index in [9.17, 15) is 4.79 Å². The Balaban J connectivity index is 0.00000225. The maximum Gasteiger partial charge on any atom is 0.220 e. The van der Waals surface area contributed by atoms with Gasteiger partial charge in [0, 0.05) is 30.0 Å². The quantitative estimate of drug-likeness (QED) is 0.705. The molecule has 1 fully saturated rings. The molecule has 0 aromatic heterocycles. The van der Waals surface area contributed by atoms with E-state index in [1.807, 2.05) is 18.2 Å². The number of rotatable bonds is 7. The highest BCUT2D eigenvalue weighted by atomic mass is 35.5. The van der Waals surface area contributed by atoms with Crippen LogP contribution in [0.1, 0.15) is 25.7 Å². The fourth-order valence-electron chi connectivity index (χ4n) is 2.96. The van der Waals surface area contributed by atoms with Gasteiger partial charge < -0.3 is 20.1 Å². The predicted molar refractivity (Wildman–Crippen MR) is 103 cm³/mol. The molecule has 1 saturated heterocycles. The monoisotopic (exact) mass is 386 g/mol. The zero-order chi connectivity index (χ0) is 16.6. The van der Waals surface area contributed by atoms with Gasteiger partial charge in [0.05, 0.1) is 13.2 Å². The van der Waals surface area contributed by atoms with Crippen LogP contribution >= 0.6 is 24.2 Å². The van der Waals surface area contributed by atoms with Gasteiger partial charge in [-0.3, -0.25) is 4.79 Å². The molecule has 140 valence electrons. The van der Waals surface area contributed by atoms with E-state index in [4.69, 9.17) is 9.47 Å². The molecule has 0 spiro atoms. The van der Waals surface area contributed by atoms with Crippen molar-refractivity contribution < 1.29 is 14.3 Å². The number of carbonyl (C=O) groups is 1. The van der Waals surface area contributed by atoms with Crippen LogP contribution in [0.25, 0.3) is 0 Å². The fraction of sp³-hybridized carbons (Fsp3) is 0.611. The fourth-order valence-corrected chi connectivity index (χ4v) is 3.84. The summed E-state index contributed by atoms with van der Waals surface area (Å²) < 4.78 is 11.3. The molecule has 1 aromatic carbocycles. The molecule has 25 heavy (non-hydrogen) atoms. The van der Waals surface area contributed by atoms with Crippen LogP contribution in [0.5, 0.6) is 11.5 Å². The molecule has 2 heterocycles. The summed E-state index contributed by atoms with van der Waals surface area (Å²) in [6, 6.07) is 6.00. The van der Waals surface area contributed by atoms with E-state index in [0.717, 1.165) is 60.5 Å². The van der Waals surface area contributed by atoms with Gasteiger partial charge in [0.2, 0.25) is 5.91 Å². The first-order valence-electron chi connectivity index (χ1n) is 8.81. The molecular weight excluding hydrogens is 360 g/mol. The van der Waals surface area contributed by atoms with Crippen molar-refractivity contribution in [3.8, 4) is 11.5 Å². The minimum Gasteiger partial charge on any atom is -0.490 e. The molecule has 0 saturated carbocycles. The molecule has 5 nitrogen and oxygen atoms in total. The summed E-state index contributed by atoms with van der Waals surface area (Å²) in [6.45, 7) is 4.40. The number of ether oxygens (including phenoxy) is 2. The van der Waals surface area contributed by atoms with Gasteiger partial charge in [0.1, 0.15) is 0 Å². The normalized spacial score (nSPS) is 19.0. The van der Waals surface area contributed by atoms with Gasteiger partial charge in [-0.25, -0.2) is 0 Å². The molecule has 7 heteroatoms. The highest BCUT2D eigenvalue weighted by Gasteiger charge is 2.14. The first-order valence-corrected chi connectivity index (χ1v) is 9.80. The summed E-state index contributed by atoms with van der Waals surface area (Å²) >= 11 is 1.68. The van der Waals surface area contributed by atoms with Crippen LogP contribution in [-0.2, 0) is 4.79 Å². The highest BCUT2D eigenvalue weighted by molar-refractivity contribution is 7.99. The number of carbonyl (C=O) groups excluding carboxylic acids is 1. The third-order valence-corrected chi connectivity index (χ3v) is 5.35. The van der Waals surface area contributed by atoms with Gasteiger partial charge >= 0.3 is 0 Å². The minimum absolute atomic E-state index is 0. The number of nitrogens with one attached hydrogen (secondary N) is 2. The topological polar surface area (TPSA) is 59.6 Å². The summed E-state index contributed by atoms with van der Waals surface area (Å²) in [5, 5.41) is 6.38.